The maximum atomic E-state index is 13.9. The molecule has 40 heavy (non-hydrogen) atoms. The smallest absolute Gasteiger partial charge is 0.261 e. The third-order valence-electron chi connectivity index (χ3n) is 8.20. The van der Waals surface area contributed by atoms with Gasteiger partial charge in [-0.15, -0.1) is 0 Å². The van der Waals surface area contributed by atoms with Crippen molar-refractivity contribution >= 4 is 11.6 Å². The van der Waals surface area contributed by atoms with E-state index < -0.39 is 5.91 Å². The monoisotopic (exact) mass is 532 g/mol. The molecule has 4 aromatic rings. The van der Waals surface area contributed by atoms with Crippen LogP contribution in [0.1, 0.15) is 90.5 Å². The molecule has 0 aliphatic heterocycles. The summed E-state index contributed by atoms with van der Waals surface area (Å²) in [5, 5.41) is 2.99. The van der Waals surface area contributed by atoms with Crippen molar-refractivity contribution in [3.05, 3.63) is 111 Å². The zero-order valence-corrected chi connectivity index (χ0v) is 24.0. The van der Waals surface area contributed by atoms with Crippen LogP contribution >= 0.6 is 0 Å². The standard InChI is InChI=1S/C36H40N2O2/c1-4-5-6-9-26-16-20-28(21-17-26)32-31(27-18-12-24(2)13-19-27)33(35(39)37-30-22-14-25(3)15-23-30)36(40)38-34(32)29-10-7-8-11-29/h12-23,29H,4-11H2,1-3H3,(H,37,39)(H,38,40). The molecule has 1 aliphatic rings. The summed E-state index contributed by atoms with van der Waals surface area (Å²) < 4.78 is 0. The number of carbonyl (C=O) groups excluding carboxylic acids is 1. The van der Waals surface area contributed by atoms with Crippen molar-refractivity contribution in [2.24, 2.45) is 0 Å². The molecule has 206 valence electrons. The summed E-state index contributed by atoms with van der Waals surface area (Å²) in [5.74, 6) is -0.124. The Kier molecular flexibility index (Phi) is 8.64. The van der Waals surface area contributed by atoms with Crippen molar-refractivity contribution in [3.8, 4) is 22.3 Å². The molecule has 1 aromatic heterocycles. The second-order valence-corrected chi connectivity index (χ2v) is 11.3. The minimum atomic E-state index is -0.393. The first kappa shape index (κ1) is 27.6. The van der Waals surface area contributed by atoms with Gasteiger partial charge in [-0.2, -0.15) is 0 Å². The van der Waals surface area contributed by atoms with Gasteiger partial charge in [0.1, 0.15) is 5.56 Å². The van der Waals surface area contributed by atoms with Gasteiger partial charge in [0.05, 0.1) is 0 Å². The lowest BCUT2D eigenvalue weighted by molar-refractivity contribution is 0.102. The predicted octanol–water partition coefficient (Wildman–Crippen LogP) is 8.97. The molecule has 1 amide bonds. The fourth-order valence-corrected chi connectivity index (χ4v) is 5.91. The average Bonchev–Trinajstić information content (AvgIpc) is 3.50. The zero-order chi connectivity index (χ0) is 28.1. The average molecular weight is 533 g/mol. The van der Waals surface area contributed by atoms with Crippen molar-refractivity contribution in [3.63, 3.8) is 0 Å². The maximum Gasteiger partial charge on any atom is 0.261 e. The molecule has 0 spiro atoms. The van der Waals surface area contributed by atoms with E-state index in [0.29, 0.717) is 11.3 Å². The first-order valence-electron chi connectivity index (χ1n) is 14.8. The van der Waals surface area contributed by atoms with Crippen LogP contribution in [0.4, 0.5) is 5.69 Å². The SMILES string of the molecule is CCCCCc1ccc(-c2c(C3CCCC3)[nH]c(=O)c(C(=O)Nc3ccc(C)cc3)c2-c2ccc(C)cc2)cc1. The van der Waals surface area contributed by atoms with Gasteiger partial charge in [-0.3, -0.25) is 9.59 Å². The second-order valence-electron chi connectivity index (χ2n) is 11.3. The van der Waals surface area contributed by atoms with Crippen molar-refractivity contribution in [2.75, 3.05) is 5.32 Å². The van der Waals surface area contributed by atoms with Crippen LogP contribution in [0.2, 0.25) is 0 Å². The van der Waals surface area contributed by atoms with Crippen LogP contribution in [-0.2, 0) is 6.42 Å². The highest BCUT2D eigenvalue weighted by Gasteiger charge is 2.29. The number of aromatic amines is 1. The first-order valence-corrected chi connectivity index (χ1v) is 14.8. The minimum Gasteiger partial charge on any atom is -0.325 e. The maximum absolute atomic E-state index is 13.9. The summed E-state index contributed by atoms with van der Waals surface area (Å²) in [7, 11) is 0. The zero-order valence-electron chi connectivity index (χ0n) is 24.0. The van der Waals surface area contributed by atoms with Crippen molar-refractivity contribution < 1.29 is 4.79 Å². The summed E-state index contributed by atoms with van der Waals surface area (Å²) >= 11 is 0. The van der Waals surface area contributed by atoms with Gasteiger partial charge in [-0.25, -0.2) is 0 Å². The van der Waals surface area contributed by atoms with E-state index in [2.05, 4.69) is 48.4 Å². The lowest BCUT2D eigenvalue weighted by atomic mass is 9.85. The van der Waals surface area contributed by atoms with Crippen LogP contribution in [-0.4, -0.2) is 10.9 Å². The molecule has 3 aromatic carbocycles. The molecule has 4 heteroatoms. The fraction of sp³-hybridized carbons (Fsp3) is 0.333. The Morgan fingerprint density at radius 3 is 2.00 bits per heavy atom. The van der Waals surface area contributed by atoms with Crippen LogP contribution in [0.3, 0.4) is 0 Å². The number of rotatable bonds is 9. The molecule has 0 unspecified atom stereocenters. The van der Waals surface area contributed by atoms with E-state index in [4.69, 9.17) is 0 Å². The molecule has 1 aliphatic carbocycles. The van der Waals surface area contributed by atoms with Crippen molar-refractivity contribution in [2.45, 2.75) is 78.1 Å². The minimum absolute atomic E-state index is 0.160. The Hall–Kier alpha value is -3.92. The molecule has 0 atom stereocenters. The molecule has 0 radical (unpaired) electrons. The number of anilines is 1. The largest absolute Gasteiger partial charge is 0.325 e. The number of nitrogens with one attached hydrogen (secondary N) is 2. The summed E-state index contributed by atoms with van der Waals surface area (Å²) in [5.41, 5.74) is 8.63. The van der Waals surface area contributed by atoms with Gasteiger partial charge >= 0.3 is 0 Å². The molecule has 0 bridgehead atoms. The number of carbonyl (C=O) groups is 1. The predicted molar refractivity (Wildman–Crippen MR) is 166 cm³/mol. The molecule has 4 nitrogen and oxygen atoms in total. The first-order chi connectivity index (χ1) is 19.4. The van der Waals surface area contributed by atoms with Crippen LogP contribution in [0.15, 0.2) is 77.6 Å². The van der Waals surface area contributed by atoms with Gasteiger partial charge in [0, 0.05) is 22.5 Å². The fourth-order valence-electron chi connectivity index (χ4n) is 5.91. The van der Waals surface area contributed by atoms with Crippen molar-refractivity contribution in [1.29, 1.82) is 0 Å². The van der Waals surface area contributed by atoms with Gasteiger partial charge in [-0.1, -0.05) is 104 Å². The van der Waals surface area contributed by atoms with Gasteiger partial charge in [-0.05, 0) is 74.3 Å². The van der Waals surface area contributed by atoms with Gasteiger partial charge in [0.15, 0.2) is 0 Å². The lowest BCUT2D eigenvalue weighted by Crippen LogP contribution is -2.27. The Morgan fingerprint density at radius 2 is 1.38 bits per heavy atom. The van der Waals surface area contributed by atoms with Crippen molar-refractivity contribution in [1.82, 2.24) is 4.98 Å². The number of aromatic nitrogens is 1. The Morgan fingerprint density at radius 1 is 0.800 bits per heavy atom. The van der Waals surface area contributed by atoms with E-state index in [1.54, 1.807) is 0 Å². The number of pyridine rings is 1. The Balaban J connectivity index is 1.70. The summed E-state index contributed by atoms with van der Waals surface area (Å²) in [6.07, 6.45) is 9.05. The molecule has 0 saturated heterocycles. The summed E-state index contributed by atoms with van der Waals surface area (Å²) in [6.45, 7) is 6.28. The van der Waals surface area contributed by atoms with Crippen LogP contribution in [0.25, 0.3) is 22.3 Å². The third-order valence-corrected chi connectivity index (χ3v) is 8.20. The number of hydrogen-bond donors (Lipinski definition) is 2. The summed E-state index contributed by atoms with van der Waals surface area (Å²) in [4.78, 5) is 30.9. The van der Waals surface area contributed by atoms with E-state index in [0.717, 1.165) is 65.6 Å². The highest BCUT2D eigenvalue weighted by molar-refractivity contribution is 6.11. The highest BCUT2D eigenvalue weighted by atomic mass is 16.2. The van der Waals surface area contributed by atoms with Gasteiger partial charge in [0.2, 0.25) is 0 Å². The van der Waals surface area contributed by atoms with E-state index >= 15 is 0 Å². The Labute approximate surface area is 237 Å². The molecule has 1 heterocycles. The topological polar surface area (TPSA) is 62.0 Å². The molecular weight excluding hydrogens is 492 g/mol. The number of benzene rings is 3. The number of unbranched alkanes of at least 4 members (excludes halogenated alkanes) is 2. The third kappa shape index (κ3) is 6.12. The van der Waals surface area contributed by atoms with Gasteiger partial charge < -0.3 is 10.3 Å². The second kappa shape index (κ2) is 12.5. The highest BCUT2D eigenvalue weighted by Crippen LogP contribution is 2.43. The van der Waals surface area contributed by atoms with Crippen LogP contribution in [0, 0.1) is 13.8 Å². The summed E-state index contributed by atoms with van der Waals surface area (Å²) in [6, 6.07) is 24.6. The molecule has 5 rings (SSSR count). The lowest BCUT2D eigenvalue weighted by Gasteiger charge is -2.22. The normalized spacial score (nSPS) is 13.5. The number of aryl methyl sites for hydroxylation is 3. The number of hydrogen-bond acceptors (Lipinski definition) is 2. The molecule has 1 fully saturated rings. The van der Waals surface area contributed by atoms with E-state index in [1.807, 2.05) is 55.5 Å². The molecule has 2 N–H and O–H groups in total. The Bertz CT molecular complexity index is 1510. The van der Waals surface area contributed by atoms with E-state index in [9.17, 15) is 9.59 Å². The molecule has 1 saturated carbocycles. The quantitative estimate of drug-likeness (QED) is 0.211. The number of H-pyrrole nitrogens is 1. The van der Waals surface area contributed by atoms with Gasteiger partial charge in [0.25, 0.3) is 11.5 Å². The van der Waals surface area contributed by atoms with Crippen LogP contribution in [0.5, 0.6) is 0 Å². The van der Waals surface area contributed by atoms with E-state index in [-0.39, 0.29) is 17.0 Å². The number of amides is 1. The van der Waals surface area contributed by atoms with E-state index in [1.165, 1.54) is 24.8 Å². The molecular formula is C36H40N2O2. The van der Waals surface area contributed by atoms with Crippen LogP contribution < -0.4 is 10.9 Å².